The normalized spacial score (nSPS) is 10.2. The first-order valence-corrected chi connectivity index (χ1v) is 14.7. The van der Waals surface area contributed by atoms with E-state index in [2.05, 4.69) is 45.6 Å². The summed E-state index contributed by atoms with van der Waals surface area (Å²) in [5.41, 5.74) is 4.52. The van der Waals surface area contributed by atoms with E-state index in [4.69, 9.17) is 37.9 Å². The highest BCUT2D eigenvalue weighted by Gasteiger charge is 2.06. The van der Waals surface area contributed by atoms with Crippen LogP contribution >= 0.6 is 0 Å². The molecule has 5 aromatic carbocycles. The summed E-state index contributed by atoms with van der Waals surface area (Å²) in [4.78, 5) is 0. The van der Waals surface area contributed by atoms with Crippen LogP contribution in [-0.4, -0.2) is 37.9 Å². The molecule has 16 heteroatoms. The molecule has 220 valence electrons. The second kappa shape index (κ2) is 17.5. The summed E-state index contributed by atoms with van der Waals surface area (Å²) in [5, 5.41) is 22.3. The van der Waals surface area contributed by atoms with Crippen molar-refractivity contribution in [1.82, 2.24) is 0 Å². The Morgan fingerprint density at radius 2 is 0.674 bits per heavy atom. The standard InChI is InChI=1S/C27H20N4.3O3S/c1-19-15-16-25(22-12-6-5-11-21(19)22)30-31-27-18-17-26(23-13-7-8-14-24(23)27)29-28-20-9-3-2-4-10-20;3*1-4(2)3/h2-18H,1H3;;;. The van der Waals surface area contributed by atoms with Crippen LogP contribution in [0.4, 0.5) is 22.7 Å². The van der Waals surface area contributed by atoms with Gasteiger partial charge in [0.05, 0.1) is 22.7 Å². The van der Waals surface area contributed by atoms with E-state index in [1.165, 1.54) is 10.9 Å². The number of aryl methyl sites for hydroxylation is 1. The molecule has 0 atom stereocenters. The lowest BCUT2D eigenvalue weighted by Crippen LogP contribution is -1.78. The summed E-state index contributed by atoms with van der Waals surface area (Å²) < 4.78 is 76.0. The monoisotopic (exact) mass is 640 g/mol. The van der Waals surface area contributed by atoms with Crippen LogP contribution in [-0.2, 0) is 31.8 Å². The fourth-order valence-corrected chi connectivity index (χ4v) is 3.68. The average Bonchev–Trinajstić information content (AvgIpc) is 2.96. The van der Waals surface area contributed by atoms with Crippen LogP contribution in [0.15, 0.2) is 124 Å². The molecule has 0 amide bonds. The minimum absolute atomic E-state index is 0.805. The van der Waals surface area contributed by atoms with Crippen molar-refractivity contribution in [1.29, 1.82) is 0 Å². The van der Waals surface area contributed by atoms with Gasteiger partial charge < -0.3 is 0 Å². The molecule has 5 aromatic rings. The van der Waals surface area contributed by atoms with Crippen LogP contribution in [0.2, 0.25) is 0 Å². The minimum Gasteiger partial charge on any atom is -0.151 e. The van der Waals surface area contributed by atoms with Crippen molar-refractivity contribution in [3.63, 3.8) is 0 Å². The third-order valence-electron chi connectivity index (χ3n) is 5.29. The third-order valence-corrected chi connectivity index (χ3v) is 5.29. The summed E-state index contributed by atoms with van der Waals surface area (Å²) in [6.45, 7) is 2.11. The van der Waals surface area contributed by atoms with Gasteiger partial charge in [-0.3, -0.25) is 0 Å². The van der Waals surface area contributed by atoms with Crippen molar-refractivity contribution < 1.29 is 37.9 Å². The molecule has 0 heterocycles. The van der Waals surface area contributed by atoms with Crippen molar-refractivity contribution in [2.75, 3.05) is 0 Å². The molecule has 0 aliphatic heterocycles. The van der Waals surface area contributed by atoms with Gasteiger partial charge in [-0.1, -0.05) is 72.8 Å². The predicted octanol–water partition coefficient (Wildman–Crippen LogP) is 6.12. The molecule has 0 bridgehead atoms. The van der Waals surface area contributed by atoms with E-state index in [1.54, 1.807) is 0 Å². The molecule has 43 heavy (non-hydrogen) atoms. The van der Waals surface area contributed by atoms with Gasteiger partial charge >= 0.3 is 31.8 Å². The van der Waals surface area contributed by atoms with Gasteiger partial charge in [0, 0.05) is 16.2 Å². The lowest BCUT2D eigenvalue weighted by Gasteiger charge is -2.06. The molecule has 0 spiro atoms. The lowest BCUT2D eigenvalue weighted by molar-refractivity contribution is 0.557. The molecule has 0 saturated heterocycles. The Bertz CT molecular complexity index is 2030. The number of benzene rings is 5. The Hall–Kier alpha value is -5.32. The van der Waals surface area contributed by atoms with Crippen LogP contribution in [0.3, 0.4) is 0 Å². The maximum Gasteiger partial charge on any atom is 0.425 e. The Balaban J connectivity index is 0.000000462. The minimum atomic E-state index is -3.11. The predicted molar refractivity (Wildman–Crippen MR) is 157 cm³/mol. The second-order valence-corrected chi connectivity index (χ2v) is 9.17. The summed E-state index contributed by atoms with van der Waals surface area (Å²) in [7, 11) is -9.33. The molecular weight excluding hydrogens is 621 g/mol. The summed E-state index contributed by atoms with van der Waals surface area (Å²) in [6.07, 6.45) is 0. The lowest BCUT2D eigenvalue weighted by atomic mass is 10.0. The Morgan fingerprint density at radius 1 is 0.372 bits per heavy atom. The zero-order chi connectivity index (χ0) is 31.8. The number of azo groups is 2. The fourth-order valence-electron chi connectivity index (χ4n) is 3.68. The molecule has 13 nitrogen and oxygen atoms in total. The molecule has 0 aliphatic rings. The third kappa shape index (κ3) is 12.0. The van der Waals surface area contributed by atoms with Gasteiger partial charge in [-0.25, -0.2) is 0 Å². The van der Waals surface area contributed by atoms with Gasteiger partial charge in [0.25, 0.3) is 0 Å². The van der Waals surface area contributed by atoms with E-state index in [0.29, 0.717) is 0 Å². The number of nitrogens with zero attached hydrogens (tertiary/aromatic N) is 4. The van der Waals surface area contributed by atoms with E-state index < -0.39 is 31.8 Å². The van der Waals surface area contributed by atoms with Gasteiger partial charge in [0.1, 0.15) is 0 Å². The van der Waals surface area contributed by atoms with Crippen LogP contribution in [0, 0.1) is 6.92 Å². The largest absolute Gasteiger partial charge is 0.425 e. The van der Waals surface area contributed by atoms with Gasteiger partial charge in [-0.15, -0.1) is 53.2 Å². The SMILES string of the molecule is Cc1ccc(N=Nc2ccc(N=Nc3ccccc3)c3ccccc23)c2ccccc12.O=S(=O)=O.O=S(=O)=O.O=S(=O)=O. The second-order valence-electron chi connectivity index (χ2n) is 7.94. The Kier molecular flexibility index (Phi) is 13.8. The Labute approximate surface area is 249 Å². The fraction of sp³-hybridized carbons (Fsp3) is 0.0370. The highest BCUT2D eigenvalue weighted by molar-refractivity contribution is 7.59. The van der Waals surface area contributed by atoms with E-state index in [1.807, 2.05) is 84.9 Å². The van der Waals surface area contributed by atoms with Crippen molar-refractivity contribution >= 4 is 76.1 Å². The summed E-state index contributed by atoms with van der Waals surface area (Å²) >= 11 is 0. The number of fused-ring (bicyclic) bond motifs is 2. The van der Waals surface area contributed by atoms with Gasteiger partial charge in [0.15, 0.2) is 0 Å². The van der Waals surface area contributed by atoms with Crippen molar-refractivity contribution in [3.8, 4) is 0 Å². The smallest absolute Gasteiger partial charge is 0.151 e. The zero-order valence-corrected chi connectivity index (χ0v) is 24.5. The quantitative estimate of drug-likeness (QED) is 0.207. The van der Waals surface area contributed by atoms with Gasteiger partial charge in [-0.2, -0.15) is 5.11 Å². The highest BCUT2D eigenvalue weighted by Crippen LogP contribution is 2.36. The maximum absolute atomic E-state index is 8.44. The van der Waals surface area contributed by atoms with Crippen LogP contribution < -0.4 is 0 Å². The number of hydrogen-bond acceptors (Lipinski definition) is 13. The van der Waals surface area contributed by atoms with E-state index in [9.17, 15) is 0 Å². The number of hydrogen-bond donors (Lipinski definition) is 0. The molecule has 0 N–H and O–H groups in total. The molecule has 0 saturated carbocycles. The number of rotatable bonds is 4. The van der Waals surface area contributed by atoms with Gasteiger partial charge in [-0.05, 0) is 48.2 Å². The van der Waals surface area contributed by atoms with Crippen molar-refractivity contribution in [3.05, 3.63) is 109 Å². The molecule has 0 fully saturated rings. The average molecular weight is 641 g/mol. The summed E-state index contributed by atoms with van der Waals surface area (Å²) in [6, 6.07) is 34.1. The zero-order valence-electron chi connectivity index (χ0n) is 22.0. The first-order chi connectivity index (χ1) is 20.5. The molecule has 0 aromatic heterocycles. The maximum atomic E-state index is 8.44. The molecular formula is C27H20N4O9S3. The van der Waals surface area contributed by atoms with Gasteiger partial charge in [0.2, 0.25) is 0 Å². The molecule has 0 aliphatic carbocycles. The molecule has 0 unspecified atom stereocenters. The van der Waals surface area contributed by atoms with E-state index in [-0.39, 0.29) is 0 Å². The topological polar surface area (TPSA) is 203 Å². The van der Waals surface area contributed by atoms with Crippen LogP contribution in [0.1, 0.15) is 5.56 Å². The van der Waals surface area contributed by atoms with E-state index >= 15 is 0 Å². The van der Waals surface area contributed by atoms with Crippen LogP contribution in [0.25, 0.3) is 21.5 Å². The van der Waals surface area contributed by atoms with Crippen molar-refractivity contribution in [2.45, 2.75) is 6.92 Å². The highest BCUT2D eigenvalue weighted by atomic mass is 32.2. The first kappa shape index (κ1) is 33.9. The summed E-state index contributed by atoms with van der Waals surface area (Å²) in [5.74, 6) is 0. The molecule has 0 radical (unpaired) electrons. The van der Waals surface area contributed by atoms with Crippen molar-refractivity contribution in [2.24, 2.45) is 20.5 Å². The first-order valence-electron chi connectivity index (χ1n) is 11.7. The van der Waals surface area contributed by atoms with E-state index in [0.717, 1.165) is 38.9 Å². The Morgan fingerprint density at radius 3 is 1.09 bits per heavy atom. The molecule has 5 rings (SSSR count). The van der Waals surface area contributed by atoms with Crippen LogP contribution in [0.5, 0.6) is 0 Å².